The third-order valence-corrected chi connectivity index (χ3v) is 7.34. The molecule has 2 aromatic rings. The van der Waals surface area contributed by atoms with Gasteiger partial charge in [-0.1, -0.05) is 27.5 Å². The highest BCUT2D eigenvalue weighted by Gasteiger charge is 2.72. The summed E-state index contributed by atoms with van der Waals surface area (Å²) in [6.45, 7) is 3.75. The summed E-state index contributed by atoms with van der Waals surface area (Å²) >= 11 is 9.48. The summed E-state index contributed by atoms with van der Waals surface area (Å²) in [6, 6.07) is 11.0. The smallest absolute Gasteiger partial charge is 0.332 e. The highest BCUT2D eigenvalue weighted by Crippen LogP contribution is 2.58. The predicted molar refractivity (Wildman–Crippen MR) is 121 cm³/mol. The molecule has 3 aliphatic rings. The van der Waals surface area contributed by atoms with Crippen LogP contribution in [-0.4, -0.2) is 41.6 Å². The van der Waals surface area contributed by atoms with Gasteiger partial charge in [0.2, 0.25) is 0 Å². The van der Waals surface area contributed by atoms with Gasteiger partial charge in [-0.3, -0.25) is 9.59 Å². The molecule has 3 aliphatic heterocycles. The molecule has 2 aromatic carbocycles. The van der Waals surface area contributed by atoms with Crippen LogP contribution in [0.3, 0.4) is 0 Å². The van der Waals surface area contributed by atoms with E-state index in [-0.39, 0.29) is 13.2 Å². The number of imide groups is 1. The van der Waals surface area contributed by atoms with E-state index in [1.54, 1.807) is 43.0 Å². The molecule has 3 heterocycles. The summed E-state index contributed by atoms with van der Waals surface area (Å²) in [4.78, 5) is 43.4. The van der Waals surface area contributed by atoms with Crippen molar-refractivity contribution in [3.8, 4) is 5.75 Å². The lowest BCUT2D eigenvalue weighted by Gasteiger charge is -2.34. The van der Waals surface area contributed by atoms with Crippen molar-refractivity contribution in [2.24, 2.45) is 11.8 Å². The van der Waals surface area contributed by atoms with E-state index in [0.717, 1.165) is 14.9 Å². The maximum atomic E-state index is 13.8. The fraction of sp³-hybridized carbons (Fsp3) is 0.348. The fourth-order valence-electron chi connectivity index (χ4n) is 5.28. The Balaban J connectivity index is 1.69. The van der Waals surface area contributed by atoms with E-state index >= 15 is 0 Å². The van der Waals surface area contributed by atoms with Crippen LogP contribution < -0.4 is 9.64 Å². The number of amides is 3. The maximum Gasteiger partial charge on any atom is 0.332 e. The van der Waals surface area contributed by atoms with Gasteiger partial charge in [-0.05, 0) is 56.3 Å². The molecule has 0 aromatic heterocycles. The maximum absolute atomic E-state index is 13.8. The Labute approximate surface area is 198 Å². The third kappa shape index (κ3) is 2.82. The van der Waals surface area contributed by atoms with Crippen molar-refractivity contribution in [3.05, 3.63) is 57.5 Å². The average molecular weight is 520 g/mol. The molecule has 9 heteroatoms. The molecule has 32 heavy (non-hydrogen) atoms. The zero-order valence-corrected chi connectivity index (χ0v) is 19.7. The van der Waals surface area contributed by atoms with Gasteiger partial charge in [-0.2, -0.15) is 0 Å². The first-order valence-corrected chi connectivity index (χ1v) is 11.5. The molecule has 2 fully saturated rings. The third-order valence-electron chi connectivity index (χ3n) is 6.60. The van der Waals surface area contributed by atoms with Crippen LogP contribution in [0.4, 0.5) is 10.5 Å². The molecule has 0 N–H and O–H groups in total. The monoisotopic (exact) mass is 518 g/mol. The lowest BCUT2D eigenvalue weighted by molar-refractivity contribution is -0.154. The molecule has 2 saturated heterocycles. The number of benzene rings is 2. The second-order valence-corrected chi connectivity index (χ2v) is 9.60. The quantitative estimate of drug-likeness (QED) is 0.439. The number of anilines is 1. The summed E-state index contributed by atoms with van der Waals surface area (Å²) in [6.07, 6.45) is 0. The molecule has 0 radical (unpaired) electrons. The van der Waals surface area contributed by atoms with Crippen molar-refractivity contribution in [2.45, 2.75) is 25.4 Å². The SMILES string of the molecule is CCOC(=O)[C@@H]1[C@H]2COc3ccc(Br)cc3[C@H]2N2C(=O)N(c3ccc(Cl)cc3)C(=O)[C@@]12C. The van der Waals surface area contributed by atoms with Crippen molar-refractivity contribution < 1.29 is 23.9 Å². The number of esters is 1. The molecule has 4 atom stereocenters. The standard InChI is InChI=1S/C23H20BrClN2O5/c1-3-31-20(28)18-16-11-32-17-9-4-12(24)10-15(17)19(16)27-22(30)26(21(29)23(18,27)2)14-7-5-13(25)6-8-14/h4-10,16,18-19H,3,11H2,1-2H3/t16-,18+,19-,23-/m1/s1. The number of carbonyl (C=O) groups is 3. The van der Waals surface area contributed by atoms with Gasteiger partial charge in [-0.25, -0.2) is 9.69 Å². The number of fused-ring (bicyclic) bond motifs is 5. The van der Waals surface area contributed by atoms with Crippen LogP contribution in [-0.2, 0) is 14.3 Å². The molecule has 0 saturated carbocycles. The summed E-state index contributed by atoms with van der Waals surface area (Å²) in [5.74, 6) is -1.62. The molecule has 7 nitrogen and oxygen atoms in total. The number of hydrogen-bond donors (Lipinski definition) is 0. The largest absolute Gasteiger partial charge is 0.493 e. The van der Waals surface area contributed by atoms with Gasteiger partial charge in [0.05, 0.1) is 30.9 Å². The number of carbonyl (C=O) groups excluding carboxylic acids is 3. The van der Waals surface area contributed by atoms with Gasteiger partial charge in [0.15, 0.2) is 0 Å². The summed E-state index contributed by atoms with van der Waals surface area (Å²) in [5.41, 5.74) is -0.251. The number of ether oxygens (including phenoxy) is 2. The topological polar surface area (TPSA) is 76.2 Å². The predicted octanol–water partition coefficient (Wildman–Crippen LogP) is 4.57. The van der Waals surface area contributed by atoms with E-state index in [9.17, 15) is 14.4 Å². The minimum atomic E-state index is -1.41. The normalized spacial score (nSPS) is 28.2. The lowest BCUT2D eigenvalue weighted by atomic mass is 9.77. The number of urea groups is 1. The Kier molecular flexibility index (Phi) is 4.98. The minimum absolute atomic E-state index is 0.175. The van der Waals surface area contributed by atoms with Crippen molar-refractivity contribution in [1.29, 1.82) is 0 Å². The van der Waals surface area contributed by atoms with Crippen LogP contribution >= 0.6 is 27.5 Å². The first-order chi connectivity index (χ1) is 15.3. The molecule has 0 bridgehead atoms. The van der Waals surface area contributed by atoms with Crippen molar-refractivity contribution in [3.63, 3.8) is 0 Å². The molecule has 3 amide bonds. The molecule has 0 unspecified atom stereocenters. The highest BCUT2D eigenvalue weighted by atomic mass is 79.9. The zero-order valence-electron chi connectivity index (χ0n) is 17.4. The Morgan fingerprint density at radius 1 is 1.25 bits per heavy atom. The fourth-order valence-corrected chi connectivity index (χ4v) is 5.79. The summed E-state index contributed by atoms with van der Waals surface area (Å²) < 4.78 is 12.1. The van der Waals surface area contributed by atoms with Crippen LogP contribution in [0, 0.1) is 11.8 Å². The van der Waals surface area contributed by atoms with Gasteiger partial charge in [-0.15, -0.1) is 0 Å². The van der Waals surface area contributed by atoms with Crippen molar-refractivity contribution in [2.75, 3.05) is 18.1 Å². The van der Waals surface area contributed by atoms with Gasteiger partial charge in [0.25, 0.3) is 5.91 Å². The number of nitrogens with zero attached hydrogens (tertiary/aromatic N) is 2. The summed E-state index contributed by atoms with van der Waals surface area (Å²) in [7, 11) is 0. The van der Waals surface area contributed by atoms with E-state index in [2.05, 4.69) is 15.9 Å². The zero-order chi connectivity index (χ0) is 22.8. The van der Waals surface area contributed by atoms with Crippen molar-refractivity contribution in [1.82, 2.24) is 4.90 Å². The Bertz CT molecular complexity index is 1140. The highest BCUT2D eigenvalue weighted by molar-refractivity contribution is 9.10. The van der Waals surface area contributed by atoms with Gasteiger partial charge in [0.1, 0.15) is 11.3 Å². The number of hydrogen-bond acceptors (Lipinski definition) is 5. The Hall–Kier alpha value is -2.58. The molecule has 0 spiro atoms. The lowest BCUT2D eigenvalue weighted by Crippen LogP contribution is -2.51. The first kappa shape index (κ1) is 21.3. The first-order valence-electron chi connectivity index (χ1n) is 10.3. The molecule has 0 aliphatic carbocycles. The van der Waals surface area contributed by atoms with E-state index < -0.39 is 41.3 Å². The van der Waals surface area contributed by atoms with Gasteiger partial charge in [0, 0.05) is 21.0 Å². The van der Waals surface area contributed by atoms with Crippen LogP contribution in [0.2, 0.25) is 5.02 Å². The van der Waals surface area contributed by atoms with E-state index in [1.165, 1.54) is 0 Å². The van der Waals surface area contributed by atoms with E-state index in [4.69, 9.17) is 21.1 Å². The Morgan fingerprint density at radius 3 is 2.66 bits per heavy atom. The van der Waals surface area contributed by atoms with Crippen LogP contribution in [0.25, 0.3) is 0 Å². The van der Waals surface area contributed by atoms with Crippen LogP contribution in [0.1, 0.15) is 25.5 Å². The molecule has 5 rings (SSSR count). The van der Waals surface area contributed by atoms with E-state index in [0.29, 0.717) is 16.5 Å². The Morgan fingerprint density at radius 2 is 1.97 bits per heavy atom. The van der Waals surface area contributed by atoms with Crippen LogP contribution in [0.5, 0.6) is 5.75 Å². The molecular formula is C23H20BrClN2O5. The number of halogens is 2. The molecular weight excluding hydrogens is 500 g/mol. The average Bonchev–Trinajstić information content (AvgIpc) is 3.14. The van der Waals surface area contributed by atoms with E-state index in [1.807, 2.05) is 18.2 Å². The molecule has 166 valence electrons. The number of rotatable bonds is 3. The van der Waals surface area contributed by atoms with Crippen LogP contribution in [0.15, 0.2) is 46.9 Å². The van der Waals surface area contributed by atoms with Gasteiger partial charge >= 0.3 is 12.0 Å². The second kappa shape index (κ2) is 7.49. The second-order valence-electron chi connectivity index (χ2n) is 8.25. The van der Waals surface area contributed by atoms with Crippen molar-refractivity contribution >= 4 is 51.1 Å². The van der Waals surface area contributed by atoms with Gasteiger partial charge < -0.3 is 14.4 Å². The summed E-state index contributed by atoms with van der Waals surface area (Å²) in [5, 5.41) is 0.493. The minimum Gasteiger partial charge on any atom is -0.493 e.